The standard InChI is InChI=1S/C19H13Cl2N3.C13H9Cl2N3.C6H5ClO2S.O2S/c1-12-17(18-15(20)11-22-19(21)23-18)14-9-5-6-10-16(14)24(12)13-7-3-2-4-8-13;1-7-11(8-4-2-3-5-10(8)17-7)12-9(14)6-16-13(15)18-12;7-10(8,9)6-4-2-1-3-5-6;1-3-2/h2-11H,1H3;2-6,17H,1H3;1-5H;. The van der Waals surface area contributed by atoms with Crippen molar-refractivity contribution in [2.75, 3.05) is 0 Å². The third-order valence-electron chi connectivity index (χ3n) is 7.95. The summed E-state index contributed by atoms with van der Waals surface area (Å²) in [6.45, 7) is 4.05. The van der Waals surface area contributed by atoms with E-state index in [0.29, 0.717) is 21.4 Å². The summed E-state index contributed by atoms with van der Waals surface area (Å²) in [6.07, 6.45) is 3.06. The molecule has 8 rings (SSSR count). The highest BCUT2D eigenvalue weighted by Crippen LogP contribution is 2.39. The summed E-state index contributed by atoms with van der Waals surface area (Å²) < 4.78 is 40.0. The van der Waals surface area contributed by atoms with Crippen LogP contribution in [0.25, 0.3) is 50.0 Å². The van der Waals surface area contributed by atoms with Gasteiger partial charge >= 0.3 is 11.6 Å². The van der Waals surface area contributed by atoms with Crippen molar-refractivity contribution in [1.82, 2.24) is 29.5 Å². The van der Waals surface area contributed by atoms with Crippen LogP contribution >= 0.6 is 57.1 Å². The van der Waals surface area contributed by atoms with E-state index in [1.54, 1.807) is 24.4 Å². The van der Waals surface area contributed by atoms with E-state index in [1.165, 1.54) is 18.3 Å². The van der Waals surface area contributed by atoms with E-state index in [4.69, 9.17) is 65.5 Å². The van der Waals surface area contributed by atoms with Gasteiger partial charge in [-0.15, -0.1) is 0 Å². The number of rotatable bonds is 4. The minimum atomic E-state index is -3.53. The lowest BCUT2D eigenvalue weighted by Gasteiger charge is -2.09. The van der Waals surface area contributed by atoms with Crippen LogP contribution in [-0.4, -0.2) is 46.3 Å². The molecule has 0 saturated carbocycles. The topological polar surface area (TPSA) is 141 Å². The number of H-pyrrole nitrogens is 1. The normalized spacial score (nSPS) is 10.7. The van der Waals surface area contributed by atoms with Crippen molar-refractivity contribution in [3.63, 3.8) is 0 Å². The summed E-state index contributed by atoms with van der Waals surface area (Å²) in [6, 6.07) is 34.3. The predicted octanol–water partition coefficient (Wildman–Crippen LogP) is 10.9. The van der Waals surface area contributed by atoms with E-state index < -0.39 is 20.6 Å². The Balaban J connectivity index is 0.000000164. The molecule has 8 aromatic rings. The molecule has 0 atom stereocenters. The zero-order chi connectivity index (χ0) is 39.7. The number of hydrogen-bond donors (Lipinski definition) is 1. The molecule has 0 fully saturated rings. The number of aromatic nitrogens is 6. The fourth-order valence-electron chi connectivity index (χ4n) is 5.78. The van der Waals surface area contributed by atoms with Crippen molar-refractivity contribution in [3.8, 4) is 28.2 Å². The molecule has 0 unspecified atom stereocenters. The number of nitrogens with zero attached hydrogens (tertiary/aromatic N) is 5. The predicted molar refractivity (Wildman–Crippen MR) is 222 cm³/mol. The van der Waals surface area contributed by atoms with Crippen LogP contribution in [0.1, 0.15) is 11.4 Å². The second-order valence-corrected chi connectivity index (χ2v) is 15.5. The van der Waals surface area contributed by atoms with Crippen molar-refractivity contribution in [3.05, 3.63) is 154 Å². The Bertz CT molecular complexity index is 2740. The first-order valence-corrected chi connectivity index (χ1v) is 20.4. The molecule has 0 aliphatic heterocycles. The second kappa shape index (κ2) is 18.8. The number of para-hydroxylation sites is 3. The number of hydrogen-bond acceptors (Lipinski definition) is 8. The molecule has 4 heterocycles. The average molecular weight is 873 g/mol. The first-order valence-electron chi connectivity index (χ1n) is 15.9. The van der Waals surface area contributed by atoms with E-state index >= 15 is 0 Å². The van der Waals surface area contributed by atoms with Crippen LogP contribution in [0.2, 0.25) is 20.6 Å². The number of fused-ring (bicyclic) bond motifs is 2. The molecule has 0 spiro atoms. The molecule has 0 radical (unpaired) electrons. The van der Waals surface area contributed by atoms with E-state index in [1.807, 2.05) is 61.5 Å². The van der Waals surface area contributed by atoms with Gasteiger partial charge in [-0.1, -0.05) is 96.0 Å². The molecule has 10 nitrogen and oxygen atoms in total. The molecule has 0 aliphatic carbocycles. The van der Waals surface area contributed by atoms with Crippen molar-refractivity contribution < 1.29 is 16.8 Å². The van der Waals surface area contributed by atoms with Gasteiger partial charge in [0.1, 0.15) is 0 Å². The maximum atomic E-state index is 10.6. The van der Waals surface area contributed by atoms with Crippen molar-refractivity contribution in [2.24, 2.45) is 0 Å². The van der Waals surface area contributed by atoms with Gasteiger partial charge in [-0.25, -0.2) is 28.4 Å². The number of halogens is 5. The molecule has 17 heteroatoms. The number of benzene rings is 4. The Kier molecular flexibility index (Phi) is 14.2. The van der Waals surface area contributed by atoms with Crippen LogP contribution in [0.15, 0.2) is 126 Å². The summed E-state index contributed by atoms with van der Waals surface area (Å²) in [7, 11) is 1.50. The molecular weight excluding hydrogens is 846 g/mol. The number of nitrogens with one attached hydrogen (secondary N) is 1. The monoisotopic (exact) mass is 870 g/mol. The maximum Gasteiger partial charge on any atom is 0.335 e. The first-order chi connectivity index (χ1) is 26.3. The fraction of sp³-hybridized carbons (Fsp3) is 0.0526. The molecule has 4 aromatic carbocycles. The zero-order valence-corrected chi connectivity index (χ0v) is 34.0. The van der Waals surface area contributed by atoms with Crippen LogP contribution in [0.3, 0.4) is 0 Å². The van der Waals surface area contributed by atoms with Gasteiger partial charge in [0.2, 0.25) is 10.6 Å². The smallest absolute Gasteiger partial charge is 0.335 e. The van der Waals surface area contributed by atoms with Crippen LogP contribution in [0.4, 0.5) is 0 Å². The maximum absolute atomic E-state index is 10.6. The van der Waals surface area contributed by atoms with Gasteiger partial charge in [0, 0.05) is 55.2 Å². The van der Waals surface area contributed by atoms with Crippen molar-refractivity contribution in [2.45, 2.75) is 18.7 Å². The second-order valence-electron chi connectivity index (χ2n) is 11.3. The van der Waals surface area contributed by atoms with Gasteiger partial charge in [0.05, 0.1) is 44.2 Å². The Morgan fingerprint density at radius 1 is 0.636 bits per heavy atom. The third-order valence-corrected chi connectivity index (χ3v) is 10.2. The Hall–Kier alpha value is -4.66. The summed E-state index contributed by atoms with van der Waals surface area (Å²) in [5.74, 6) is 0. The number of aromatic amines is 1. The highest BCUT2D eigenvalue weighted by molar-refractivity contribution is 8.13. The van der Waals surface area contributed by atoms with Gasteiger partial charge in [0.25, 0.3) is 9.05 Å². The number of aryl methyl sites for hydroxylation is 1. The summed E-state index contributed by atoms with van der Waals surface area (Å²) in [5.41, 5.74) is 8.56. The minimum Gasteiger partial charge on any atom is -0.358 e. The highest BCUT2D eigenvalue weighted by Gasteiger charge is 2.20. The van der Waals surface area contributed by atoms with Crippen LogP contribution < -0.4 is 0 Å². The van der Waals surface area contributed by atoms with Crippen molar-refractivity contribution in [1.29, 1.82) is 0 Å². The summed E-state index contributed by atoms with van der Waals surface area (Å²) in [5, 5.41) is 3.51. The van der Waals surface area contributed by atoms with Crippen LogP contribution in [-0.2, 0) is 20.6 Å². The zero-order valence-electron chi connectivity index (χ0n) is 28.6. The largest absolute Gasteiger partial charge is 0.358 e. The van der Waals surface area contributed by atoms with Crippen LogP contribution in [0.5, 0.6) is 0 Å². The average Bonchev–Trinajstić information content (AvgIpc) is 3.67. The van der Waals surface area contributed by atoms with E-state index in [9.17, 15) is 8.42 Å². The van der Waals surface area contributed by atoms with Gasteiger partial charge in [-0.3, -0.25) is 0 Å². The highest BCUT2D eigenvalue weighted by atomic mass is 35.7. The molecule has 0 saturated heterocycles. The summed E-state index contributed by atoms with van der Waals surface area (Å²) >= 11 is 23.6. The molecule has 1 N–H and O–H groups in total. The SMILES string of the molecule is Cc1[nH]c2ccccc2c1-c1nc(Cl)ncc1Cl.Cc1c(-c2nc(Cl)ncc2Cl)c2ccccc2n1-c1ccccc1.O=S(=O)(Cl)c1ccccc1.O=S=O. The Labute approximate surface area is 344 Å². The molecule has 55 heavy (non-hydrogen) atoms. The molecule has 4 aromatic heterocycles. The molecule has 0 aliphatic rings. The first kappa shape index (κ1) is 41.5. The Morgan fingerprint density at radius 3 is 1.65 bits per heavy atom. The lowest BCUT2D eigenvalue weighted by Crippen LogP contribution is -1.97. The molecule has 0 bridgehead atoms. The van der Waals surface area contributed by atoms with Gasteiger partial charge in [-0.05, 0) is 73.4 Å². The quantitative estimate of drug-likeness (QED) is 0.136. The van der Waals surface area contributed by atoms with E-state index in [2.05, 4.69) is 60.7 Å². The lowest BCUT2D eigenvalue weighted by atomic mass is 10.1. The summed E-state index contributed by atoms with van der Waals surface area (Å²) in [4.78, 5) is 19.9. The minimum absolute atomic E-state index is 0.136. The molecule has 0 amide bonds. The van der Waals surface area contributed by atoms with Gasteiger partial charge < -0.3 is 9.55 Å². The van der Waals surface area contributed by atoms with Crippen molar-refractivity contribution >= 4 is 99.5 Å². The van der Waals surface area contributed by atoms with Gasteiger partial charge in [0.15, 0.2) is 0 Å². The van der Waals surface area contributed by atoms with E-state index in [0.717, 1.165) is 50.0 Å². The van der Waals surface area contributed by atoms with E-state index in [-0.39, 0.29) is 15.5 Å². The fourth-order valence-corrected chi connectivity index (χ4v) is 7.21. The molecular formula is C38H27Cl5N6O4S2. The Morgan fingerprint density at radius 2 is 1.11 bits per heavy atom. The van der Waals surface area contributed by atoms with Crippen LogP contribution in [0, 0.1) is 13.8 Å². The van der Waals surface area contributed by atoms with Gasteiger partial charge in [-0.2, -0.15) is 8.42 Å². The lowest BCUT2D eigenvalue weighted by molar-refractivity contribution is 0.609. The third kappa shape index (κ3) is 9.96. The molecule has 280 valence electrons.